The lowest BCUT2D eigenvalue weighted by Crippen LogP contribution is -2.17. The van der Waals surface area contributed by atoms with Gasteiger partial charge in [-0.25, -0.2) is 5.43 Å². The van der Waals surface area contributed by atoms with Gasteiger partial charge in [0.15, 0.2) is 16.7 Å². The number of aromatic nitrogens is 3. The molecule has 1 aromatic heterocycles. The second-order valence-electron chi connectivity index (χ2n) is 6.20. The number of nitrogens with zero attached hydrogens (tertiary/aromatic N) is 4. The average molecular weight is 447 g/mol. The number of carbonyl (C=O) groups is 1. The first-order valence-electron chi connectivity index (χ1n) is 8.98. The van der Waals surface area contributed by atoms with E-state index in [0.29, 0.717) is 16.9 Å². The van der Waals surface area contributed by atoms with Crippen molar-refractivity contribution < 1.29 is 23.0 Å². The fourth-order valence-corrected chi connectivity index (χ4v) is 3.34. The van der Waals surface area contributed by atoms with Crippen LogP contribution in [0, 0.1) is 0 Å². The van der Waals surface area contributed by atoms with Crippen molar-refractivity contribution in [1.29, 1.82) is 0 Å². The van der Waals surface area contributed by atoms with E-state index in [0.717, 1.165) is 10.7 Å². The number of rotatable bonds is 9. The van der Waals surface area contributed by atoms with Crippen molar-refractivity contribution >= 4 is 23.9 Å². The summed E-state index contributed by atoms with van der Waals surface area (Å²) >= 11 is 1.54. The Morgan fingerprint density at radius 3 is 2.68 bits per heavy atom. The molecule has 1 heterocycles. The van der Waals surface area contributed by atoms with Gasteiger partial charge in [-0.1, -0.05) is 23.9 Å². The highest BCUT2D eigenvalue weighted by molar-refractivity contribution is 7.98. The Balaban J connectivity index is 1.55. The molecule has 0 aliphatic carbocycles. The fraction of sp³-hybridized carbons (Fsp3) is 0.200. The van der Waals surface area contributed by atoms with Crippen LogP contribution in [0.2, 0.25) is 0 Å². The van der Waals surface area contributed by atoms with Crippen LogP contribution in [0.1, 0.15) is 21.5 Å². The Labute approximate surface area is 181 Å². The quantitative estimate of drug-likeness (QED) is 0.307. The summed E-state index contributed by atoms with van der Waals surface area (Å²) in [5.41, 5.74) is 4.44. The molecule has 0 atom stereocenters. The molecule has 1 amide bonds. The van der Waals surface area contributed by atoms with Crippen molar-refractivity contribution in [1.82, 2.24) is 20.2 Å². The van der Waals surface area contributed by atoms with E-state index in [1.54, 1.807) is 30.2 Å². The standard InChI is InChI=1S/C20H19F2N5O3S/c1-27-12-24-26-20(27)31-11-13-3-6-15(7-4-13)18(28)25-23-10-14-5-8-16(30-19(21)22)17(9-14)29-2/h3-10,12,19H,11H2,1-2H3,(H,25,28)/b23-10+. The number of hydrogen-bond acceptors (Lipinski definition) is 7. The summed E-state index contributed by atoms with van der Waals surface area (Å²) in [6.45, 7) is -2.95. The Bertz CT molecular complexity index is 1060. The highest BCUT2D eigenvalue weighted by atomic mass is 32.2. The third kappa shape index (κ3) is 6.25. The molecule has 1 N–H and O–H groups in total. The summed E-state index contributed by atoms with van der Waals surface area (Å²) < 4.78 is 36.0. The Kier molecular flexibility index (Phi) is 7.55. The lowest BCUT2D eigenvalue weighted by atomic mass is 10.1. The van der Waals surface area contributed by atoms with Gasteiger partial charge in [0.05, 0.1) is 13.3 Å². The molecular weight excluding hydrogens is 428 g/mol. The van der Waals surface area contributed by atoms with Gasteiger partial charge in [0.1, 0.15) is 6.33 Å². The minimum absolute atomic E-state index is 0.0869. The zero-order valence-electron chi connectivity index (χ0n) is 16.7. The van der Waals surface area contributed by atoms with Crippen molar-refractivity contribution in [2.75, 3.05) is 7.11 Å². The smallest absolute Gasteiger partial charge is 0.387 e. The maximum absolute atomic E-state index is 12.4. The van der Waals surface area contributed by atoms with Crippen LogP contribution in [-0.4, -0.2) is 40.6 Å². The van der Waals surface area contributed by atoms with Crippen LogP contribution >= 0.6 is 11.8 Å². The minimum atomic E-state index is -2.95. The van der Waals surface area contributed by atoms with Gasteiger partial charge < -0.3 is 14.0 Å². The SMILES string of the molecule is COc1cc(/C=N/NC(=O)c2ccc(CSc3nncn3C)cc2)ccc1OC(F)F. The summed E-state index contributed by atoms with van der Waals surface area (Å²) in [5, 5.41) is 12.5. The maximum Gasteiger partial charge on any atom is 0.387 e. The zero-order chi connectivity index (χ0) is 22.2. The number of ether oxygens (including phenoxy) is 2. The second-order valence-corrected chi connectivity index (χ2v) is 7.14. The number of methoxy groups -OCH3 is 1. The monoisotopic (exact) mass is 447 g/mol. The molecule has 11 heteroatoms. The van der Waals surface area contributed by atoms with Gasteiger partial charge in [-0.3, -0.25) is 4.79 Å². The first kappa shape index (κ1) is 22.2. The number of aryl methyl sites for hydroxylation is 1. The van der Waals surface area contributed by atoms with E-state index >= 15 is 0 Å². The Hall–Kier alpha value is -3.47. The van der Waals surface area contributed by atoms with Gasteiger partial charge in [-0.15, -0.1) is 10.2 Å². The van der Waals surface area contributed by atoms with Crippen molar-refractivity contribution in [3.8, 4) is 11.5 Å². The number of thioether (sulfide) groups is 1. The van der Waals surface area contributed by atoms with Crippen molar-refractivity contribution in [2.24, 2.45) is 12.1 Å². The molecule has 0 saturated heterocycles. The van der Waals surface area contributed by atoms with E-state index in [2.05, 4.69) is 25.5 Å². The van der Waals surface area contributed by atoms with E-state index in [1.165, 1.54) is 31.5 Å². The van der Waals surface area contributed by atoms with Gasteiger partial charge in [0.25, 0.3) is 5.91 Å². The number of halogens is 2. The zero-order valence-corrected chi connectivity index (χ0v) is 17.5. The van der Waals surface area contributed by atoms with Crippen LogP contribution in [0.25, 0.3) is 0 Å². The molecular formula is C20H19F2N5O3S. The van der Waals surface area contributed by atoms with Crippen LogP contribution in [-0.2, 0) is 12.8 Å². The number of amides is 1. The van der Waals surface area contributed by atoms with Crippen LogP contribution in [0.4, 0.5) is 8.78 Å². The molecule has 3 aromatic rings. The first-order chi connectivity index (χ1) is 15.0. The molecule has 0 spiro atoms. The molecule has 2 aromatic carbocycles. The van der Waals surface area contributed by atoms with Crippen LogP contribution in [0.5, 0.6) is 11.5 Å². The fourth-order valence-electron chi connectivity index (χ4n) is 2.49. The van der Waals surface area contributed by atoms with Gasteiger partial charge in [0, 0.05) is 18.4 Å². The van der Waals surface area contributed by atoms with Gasteiger partial charge >= 0.3 is 6.61 Å². The summed E-state index contributed by atoms with van der Waals surface area (Å²) in [7, 11) is 3.21. The molecule has 8 nitrogen and oxygen atoms in total. The molecule has 162 valence electrons. The Morgan fingerprint density at radius 1 is 1.26 bits per heavy atom. The number of alkyl halides is 2. The van der Waals surface area contributed by atoms with E-state index in [4.69, 9.17) is 4.74 Å². The molecule has 0 aliphatic heterocycles. The van der Waals surface area contributed by atoms with Crippen LogP contribution in [0.3, 0.4) is 0 Å². The summed E-state index contributed by atoms with van der Waals surface area (Å²) in [5.74, 6) is 0.356. The Morgan fingerprint density at radius 2 is 2.03 bits per heavy atom. The van der Waals surface area contributed by atoms with Gasteiger partial charge in [-0.2, -0.15) is 13.9 Å². The third-order valence-electron chi connectivity index (χ3n) is 4.04. The molecule has 0 saturated carbocycles. The second kappa shape index (κ2) is 10.5. The number of carbonyl (C=O) groups excluding carboxylic acids is 1. The number of hydrogen-bond donors (Lipinski definition) is 1. The molecule has 0 unspecified atom stereocenters. The highest BCUT2D eigenvalue weighted by Gasteiger charge is 2.11. The third-order valence-corrected chi connectivity index (χ3v) is 5.14. The average Bonchev–Trinajstić information content (AvgIpc) is 3.17. The predicted octanol–water partition coefficient (Wildman–Crippen LogP) is 3.48. The van der Waals surface area contributed by atoms with E-state index < -0.39 is 6.61 Å². The lowest BCUT2D eigenvalue weighted by molar-refractivity contribution is -0.0512. The van der Waals surface area contributed by atoms with Crippen LogP contribution < -0.4 is 14.9 Å². The van der Waals surface area contributed by atoms with Gasteiger partial charge in [0.2, 0.25) is 0 Å². The van der Waals surface area contributed by atoms with E-state index in [9.17, 15) is 13.6 Å². The largest absolute Gasteiger partial charge is 0.493 e. The topological polar surface area (TPSA) is 90.6 Å². The summed E-state index contributed by atoms with van der Waals surface area (Å²) in [6.07, 6.45) is 3.01. The number of nitrogens with one attached hydrogen (secondary N) is 1. The summed E-state index contributed by atoms with van der Waals surface area (Å²) in [4.78, 5) is 12.3. The number of benzene rings is 2. The van der Waals surface area contributed by atoms with Crippen molar-refractivity contribution in [3.05, 3.63) is 65.5 Å². The predicted molar refractivity (Wildman–Crippen MR) is 112 cm³/mol. The van der Waals surface area contributed by atoms with E-state index in [1.807, 2.05) is 23.7 Å². The molecule has 0 radical (unpaired) electrons. The van der Waals surface area contributed by atoms with Gasteiger partial charge in [-0.05, 0) is 41.5 Å². The maximum atomic E-state index is 12.4. The van der Waals surface area contributed by atoms with Crippen molar-refractivity contribution in [3.63, 3.8) is 0 Å². The van der Waals surface area contributed by atoms with Crippen molar-refractivity contribution in [2.45, 2.75) is 17.5 Å². The summed E-state index contributed by atoms with van der Waals surface area (Å²) in [6, 6.07) is 11.4. The molecule has 0 fully saturated rings. The minimum Gasteiger partial charge on any atom is -0.493 e. The van der Waals surface area contributed by atoms with Crippen LogP contribution in [0.15, 0.2) is 59.0 Å². The molecule has 3 rings (SSSR count). The van der Waals surface area contributed by atoms with E-state index in [-0.39, 0.29) is 17.4 Å². The highest BCUT2D eigenvalue weighted by Crippen LogP contribution is 2.29. The first-order valence-corrected chi connectivity index (χ1v) is 9.97. The number of hydrazone groups is 1. The molecule has 0 aliphatic rings. The molecule has 31 heavy (non-hydrogen) atoms. The molecule has 0 bridgehead atoms. The normalized spacial score (nSPS) is 11.1. The lowest BCUT2D eigenvalue weighted by Gasteiger charge is -2.10.